The minimum atomic E-state index is -1.01. The number of nitrogens with zero attached hydrogens (tertiary/aromatic N) is 2. The van der Waals surface area contributed by atoms with E-state index < -0.39 is 28.5 Å². The van der Waals surface area contributed by atoms with Gasteiger partial charge in [0, 0.05) is 12.0 Å². The van der Waals surface area contributed by atoms with Gasteiger partial charge in [-0.15, -0.1) is 11.6 Å². The van der Waals surface area contributed by atoms with Crippen LogP contribution in [0.4, 0.5) is 8.78 Å². The zero-order chi connectivity index (χ0) is 15.9. The van der Waals surface area contributed by atoms with Gasteiger partial charge in [0.05, 0.1) is 10.9 Å². The van der Waals surface area contributed by atoms with E-state index in [1.54, 1.807) is 20.8 Å². The van der Waals surface area contributed by atoms with Crippen molar-refractivity contribution in [2.24, 2.45) is 5.73 Å². The van der Waals surface area contributed by atoms with Crippen LogP contribution in [0.15, 0.2) is 12.1 Å². The molecule has 2 rings (SSSR count). The molecule has 0 saturated carbocycles. The molecular formula is C14H16ClF2N3O. The molecule has 0 aliphatic carbocycles. The minimum absolute atomic E-state index is 0.0104. The van der Waals surface area contributed by atoms with Crippen molar-refractivity contribution in [3.8, 4) is 0 Å². The van der Waals surface area contributed by atoms with E-state index in [-0.39, 0.29) is 17.5 Å². The maximum atomic E-state index is 14.2. The maximum Gasteiger partial charge on any atom is 0.219 e. The molecular weight excluding hydrogens is 300 g/mol. The molecule has 1 aromatic heterocycles. The molecule has 0 aliphatic heterocycles. The Bertz CT molecular complexity index is 710. The van der Waals surface area contributed by atoms with Gasteiger partial charge in [0.15, 0.2) is 11.6 Å². The Kier molecular flexibility index (Phi) is 3.93. The third kappa shape index (κ3) is 2.72. The predicted molar refractivity (Wildman–Crippen MR) is 77.1 cm³/mol. The van der Waals surface area contributed by atoms with Gasteiger partial charge < -0.3 is 10.3 Å². The zero-order valence-corrected chi connectivity index (χ0v) is 12.7. The third-order valence-electron chi connectivity index (χ3n) is 3.30. The fraction of sp³-hybridized carbons (Fsp3) is 0.429. The molecule has 0 spiro atoms. The summed E-state index contributed by atoms with van der Waals surface area (Å²) in [4.78, 5) is 15.5. The molecule has 7 heteroatoms. The van der Waals surface area contributed by atoms with Crippen molar-refractivity contribution >= 4 is 28.5 Å². The summed E-state index contributed by atoms with van der Waals surface area (Å²) in [6.45, 7) is 5.08. The number of carbonyl (C=O) groups excluding carboxylic acids is 1. The summed E-state index contributed by atoms with van der Waals surface area (Å²) >= 11 is 6.10. The van der Waals surface area contributed by atoms with Crippen LogP contribution in [0, 0.1) is 11.6 Å². The molecule has 21 heavy (non-hydrogen) atoms. The first-order valence-corrected chi connectivity index (χ1v) is 6.88. The molecule has 1 amide bonds. The average molecular weight is 316 g/mol. The van der Waals surface area contributed by atoms with Crippen LogP contribution in [0.25, 0.3) is 11.0 Å². The van der Waals surface area contributed by atoms with Crippen LogP contribution in [0.1, 0.15) is 38.4 Å². The maximum absolute atomic E-state index is 14.2. The number of alkyl halides is 1. The van der Waals surface area contributed by atoms with E-state index in [4.69, 9.17) is 17.3 Å². The summed E-state index contributed by atoms with van der Waals surface area (Å²) in [7, 11) is 0. The highest BCUT2D eigenvalue weighted by atomic mass is 35.5. The molecule has 114 valence electrons. The summed E-state index contributed by atoms with van der Waals surface area (Å²) < 4.78 is 29.2. The van der Waals surface area contributed by atoms with Crippen molar-refractivity contribution in [3.05, 3.63) is 29.6 Å². The lowest BCUT2D eigenvalue weighted by Gasteiger charge is -2.29. The Morgan fingerprint density at radius 3 is 2.62 bits per heavy atom. The van der Waals surface area contributed by atoms with E-state index in [9.17, 15) is 13.6 Å². The van der Waals surface area contributed by atoms with Crippen LogP contribution in [-0.2, 0) is 10.3 Å². The van der Waals surface area contributed by atoms with Crippen molar-refractivity contribution < 1.29 is 13.6 Å². The lowest BCUT2D eigenvalue weighted by molar-refractivity contribution is -0.119. The lowest BCUT2D eigenvalue weighted by Crippen LogP contribution is -2.33. The van der Waals surface area contributed by atoms with Crippen LogP contribution in [-0.4, -0.2) is 15.5 Å². The Hall–Kier alpha value is -1.69. The number of aromatic nitrogens is 2. The van der Waals surface area contributed by atoms with E-state index in [2.05, 4.69) is 4.98 Å². The molecule has 0 saturated heterocycles. The highest BCUT2D eigenvalue weighted by Gasteiger charge is 2.31. The lowest BCUT2D eigenvalue weighted by atomic mass is 9.99. The fourth-order valence-corrected chi connectivity index (χ4v) is 2.65. The van der Waals surface area contributed by atoms with Gasteiger partial charge in [-0.05, 0) is 32.9 Å². The number of fused-ring (bicyclic) bond motifs is 1. The molecule has 1 unspecified atom stereocenters. The first kappa shape index (κ1) is 15.7. The van der Waals surface area contributed by atoms with Crippen LogP contribution in [0.3, 0.4) is 0 Å². The van der Waals surface area contributed by atoms with E-state index in [1.165, 1.54) is 10.6 Å². The molecule has 0 radical (unpaired) electrons. The number of amides is 1. The van der Waals surface area contributed by atoms with Gasteiger partial charge >= 0.3 is 0 Å². The van der Waals surface area contributed by atoms with Crippen LogP contribution >= 0.6 is 11.6 Å². The zero-order valence-electron chi connectivity index (χ0n) is 12.0. The molecule has 0 fully saturated rings. The second kappa shape index (κ2) is 5.26. The van der Waals surface area contributed by atoms with Crippen LogP contribution in [0.5, 0.6) is 0 Å². The number of imidazole rings is 1. The monoisotopic (exact) mass is 315 g/mol. The summed E-state index contributed by atoms with van der Waals surface area (Å²) in [5, 5.41) is -0.535. The SMILES string of the molecule is CC(Cl)c1nc2ccc(F)c(F)c2n1C(C)(C)CC(N)=O. The molecule has 4 nitrogen and oxygen atoms in total. The number of hydrogen-bond donors (Lipinski definition) is 1. The quantitative estimate of drug-likeness (QED) is 0.881. The molecule has 1 aromatic carbocycles. The number of nitrogens with two attached hydrogens (primary N) is 1. The van der Waals surface area contributed by atoms with E-state index in [1.807, 2.05) is 0 Å². The molecule has 0 bridgehead atoms. The minimum Gasteiger partial charge on any atom is -0.370 e. The second-order valence-corrected chi connectivity index (χ2v) is 6.26. The summed E-state index contributed by atoms with van der Waals surface area (Å²) in [5.41, 5.74) is 4.64. The number of benzene rings is 1. The van der Waals surface area contributed by atoms with Crippen LogP contribution < -0.4 is 5.73 Å². The topological polar surface area (TPSA) is 60.9 Å². The number of hydrogen-bond acceptors (Lipinski definition) is 2. The predicted octanol–water partition coefficient (Wildman–Crippen LogP) is 3.22. The first-order valence-electron chi connectivity index (χ1n) is 6.44. The number of rotatable bonds is 4. The van der Waals surface area contributed by atoms with Gasteiger partial charge in [-0.3, -0.25) is 4.79 Å². The molecule has 0 aliphatic rings. The number of primary amides is 1. The number of carbonyl (C=O) groups is 1. The average Bonchev–Trinajstić information content (AvgIpc) is 2.73. The van der Waals surface area contributed by atoms with E-state index >= 15 is 0 Å². The summed E-state index contributed by atoms with van der Waals surface area (Å²) in [5.74, 6) is -2.18. The third-order valence-corrected chi connectivity index (χ3v) is 3.50. The number of halogens is 3. The van der Waals surface area contributed by atoms with Crippen molar-refractivity contribution in [1.29, 1.82) is 0 Å². The van der Waals surface area contributed by atoms with Crippen molar-refractivity contribution in [1.82, 2.24) is 9.55 Å². The van der Waals surface area contributed by atoms with Gasteiger partial charge in [0.1, 0.15) is 11.3 Å². The smallest absolute Gasteiger partial charge is 0.219 e. The first-order chi connectivity index (χ1) is 9.65. The Morgan fingerprint density at radius 1 is 1.48 bits per heavy atom. The van der Waals surface area contributed by atoms with E-state index in [0.29, 0.717) is 5.82 Å². The van der Waals surface area contributed by atoms with E-state index in [0.717, 1.165) is 6.07 Å². The Balaban J connectivity index is 2.83. The summed E-state index contributed by atoms with van der Waals surface area (Å²) in [6, 6.07) is 2.39. The van der Waals surface area contributed by atoms with Gasteiger partial charge in [0.25, 0.3) is 0 Å². The largest absolute Gasteiger partial charge is 0.370 e. The highest BCUT2D eigenvalue weighted by molar-refractivity contribution is 6.20. The standard InChI is InChI=1S/C14H16ClF2N3O/c1-7(15)13-19-9-5-4-8(16)11(17)12(9)20(13)14(2,3)6-10(18)21/h4-5,7H,6H2,1-3H3,(H2,18,21). The Morgan fingerprint density at radius 2 is 2.10 bits per heavy atom. The normalized spacial score (nSPS) is 13.6. The van der Waals surface area contributed by atoms with Crippen molar-refractivity contribution in [2.75, 3.05) is 0 Å². The second-order valence-electron chi connectivity index (χ2n) is 5.61. The van der Waals surface area contributed by atoms with Crippen LogP contribution in [0.2, 0.25) is 0 Å². The van der Waals surface area contributed by atoms with Gasteiger partial charge in [-0.1, -0.05) is 0 Å². The summed E-state index contributed by atoms with van der Waals surface area (Å²) in [6.07, 6.45) is -0.0506. The van der Waals surface area contributed by atoms with Gasteiger partial charge in [-0.25, -0.2) is 13.8 Å². The van der Waals surface area contributed by atoms with Crippen molar-refractivity contribution in [3.63, 3.8) is 0 Å². The fourth-order valence-electron chi connectivity index (χ4n) is 2.51. The van der Waals surface area contributed by atoms with Crippen molar-refractivity contribution in [2.45, 2.75) is 38.1 Å². The molecule has 2 aromatic rings. The molecule has 2 N–H and O–H groups in total. The van der Waals surface area contributed by atoms with Gasteiger partial charge in [-0.2, -0.15) is 0 Å². The molecule has 1 atom stereocenters. The Labute approximate surface area is 125 Å². The van der Waals surface area contributed by atoms with Gasteiger partial charge in [0.2, 0.25) is 5.91 Å². The highest BCUT2D eigenvalue weighted by Crippen LogP contribution is 2.34. The molecule has 1 heterocycles.